The normalized spacial score (nSPS) is 10.6. The number of carbonyl (C=O) groups excluding carboxylic acids is 1. The first kappa shape index (κ1) is 15.3. The zero-order valence-electron chi connectivity index (χ0n) is 12.5. The third kappa shape index (κ3) is 5.04. The van der Waals surface area contributed by atoms with Crippen molar-refractivity contribution < 1.29 is 9.53 Å². The molecular weight excluding hydrogens is 262 g/mol. The minimum atomic E-state index is -0.290. The monoisotopic (exact) mass is 283 g/mol. The lowest BCUT2D eigenvalue weighted by molar-refractivity contribution is 0.0472. The van der Waals surface area contributed by atoms with E-state index in [0.29, 0.717) is 18.2 Å². The number of hydrogen-bond acceptors (Lipinski definition) is 3. The zero-order chi connectivity index (χ0) is 15.1. The van der Waals surface area contributed by atoms with Crippen LogP contribution >= 0.6 is 0 Å². The van der Waals surface area contributed by atoms with Gasteiger partial charge in [0.25, 0.3) is 0 Å². The second kappa shape index (κ2) is 7.60. The molecule has 0 saturated carbocycles. The Kier molecular flexibility index (Phi) is 5.52. The molecule has 0 saturated heterocycles. The number of ether oxygens (including phenoxy) is 1. The average molecular weight is 283 g/mol. The fourth-order valence-corrected chi connectivity index (χ4v) is 1.89. The lowest BCUT2D eigenvalue weighted by Crippen LogP contribution is -2.21. The Labute approximate surface area is 126 Å². The summed E-state index contributed by atoms with van der Waals surface area (Å²) < 4.78 is 5.30. The second-order valence-corrected chi connectivity index (χ2v) is 5.29. The highest BCUT2D eigenvalue weighted by Crippen LogP contribution is 2.08. The summed E-state index contributed by atoms with van der Waals surface area (Å²) in [5.41, 5.74) is 2.73. The van der Waals surface area contributed by atoms with Gasteiger partial charge in [0.15, 0.2) is 0 Å². The van der Waals surface area contributed by atoms with Gasteiger partial charge in [0.2, 0.25) is 0 Å². The number of rotatable bonds is 6. The van der Waals surface area contributed by atoms with Gasteiger partial charge in [0, 0.05) is 12.6 Å². The minimum Gasteiger partial charge on any atom is -0.457 e. The molecule has 0 aliphatic heterocycles. The first-order chi connectivity index (χ1) is 10.1. The molecule has 1 N–H and O–H groups in total. The van der Waals surface area contributed by atoms with Gasteiger partial charge in [0.05, 0.1) is 5.56 Å². The average Bonchev–Trinajstić information content (AvgIpc) is 2.52. The van der Waals surface area contributed by atoms with E-state index >= 15 is 0 Å². The van der Waals surface area contributed by atoms with Gasteiger partial charge >= 0.3 is 5.97 Å². The van der Waals surface area contributed by atoms with Crippen LogP contribution in [0.15, 0.2) is 54.6 Å². The molecular formula is C18H21NO2. The second-order valence-electron chi connectivity index (χ2n) is 5.29. The van der Waals surface area contributed by atoms with Gasteiger partial charge in [0.1, 0.15) is 6.61 Å². The fraction of sp³-hybridized carbons (Fsp3) is 0.278. The molecule has 3 heteroatoms. The number of hydrogen-bond donors (Lipinski definition) is 1. The largest absolute Gasteiger partial charge is 0.457 e. The third-order valence-electron chi connectivity index (χ3n) is 3.12. The van der Waals surface area contributed by atoms with Crippen LogP contribution in [0.2, 0.25) is 0 Å². The van der Waals surface area contributed by atoms with Crippen LogP contribution in [-0.4, -0.2) is 12.0 Å². The van der Waals surface area contributed by atoms with Crippen molar-refractivity contribution in [2.45, 2.75) is 33.0 Å². The Bertz CT molecular complexity index is 562. The van der Waals surface area contributed by atoms with Gasteiger partial charge < -0.3 is 10.1 Å². The molecule has 0 aromatic heterocycles. The third-order valence-corrected chi connectivity index (χ3v) is 3.12. The van der Waals surface area contributed by atoms with E-state index in [2.05, 4.69) is 19.2 Å². The smallest absolute Gasteiger partial charge is 0.338 e. The van der Waals surface area contributed by atoms with Crippen molar-refractivity contribution in [1.29, 1.82) is 0 Å². The fourth-order valence-electron chi connectivity index (χ4n) is 1.89. The summed E-state index contributed by atoms with van der Waals surface area (Å²) in [5, 5.41) is 3.34. The van der Waals surface area contributed by atoms with Crippen LogP contribution in [0.1, 0.15) is 35.3 Å². The Balaban J connectivity index is 1.88. The van der Waals surface area contributed by atoms with Gasteiger partial charge in [-0.2, -0.15) is 0 Å². The highest BCUT2D eigenvalue weighted by Gasteiger charge is 2.07. The van der Waals surface area contributed by atoms with Gasteiger partial charge in [-0.15, -0.1) is 0 Å². The van der Waals surface area contributed by atoms with Crippen molar-refractivity contribution in [3.63, 3.8) is 0 Å². The van der Waals surface area contributed by atoms with Gasteiger partial charge in [-0.05, 0) is 23.3 Å². The summed E-state index contributed by atoms with van der Waals surface area (Å²) in [5.74, 6) is -0.290. The van der Waals surface area contributed by atoms with Crippen molar-refractivity contribution in [3.05, 3.63) is 71.3 Å². The Morgan fingerprint density at radius 3 is 2.29 bits per heavy atom. The molecule has 21 heavy (non-hydrogen) atoms. The molecule has 0 spiro atoms. The maximum absolute atomic E-state index is 12.0. The molecule has 2 rings (SSSR count). The lowest BCUT2D eigenvalue weighted by atomic mass is 10.1. The predicted octanol–water partition coefficient (Wildman–Crippen LogP) is 3.54. The number of esters is 1. The van der Waals surface area contributed by atoms with Crippen molar-refractivity contribution in [3.8, 4) is 0 Å². The highest BCUT2D eigenvalue weighted by atomic mass is 16.5. The molecule has 0 amide bonds. The quantitative estimate of drug-likeness (QED) is 0.824. The molecule has 0 aliphatic carbocycles. The van der Waals surface area contributed by atoms with Crippen molar-refractivity contribution >= 4 is 5.97 Å². The van der Waals surface area contributed by atoms with Gasteiger partial charge in [-0.3, -0.25) is 0 Å². The molecule has 0 atom stereocenters. The van der Waals surface area contributed by atoms with Crippen molar-refractivity contribution in [2.24, 2.45) is 0 Å². The molecule has 0 heterocycles. The first-order valence-electron chi connectivity index (χ1n) is 7.18. The Morgan fingerprint density at radius 1 is 1.00 bits per heavy atom. The summed E-state index contributed by atoms with van der Waals surface area (Å²) in [6.45, 7) is 5.32. The first-order valence-corrected chi connectivity index (χ1v) is 7.18. The van der Waals surface area contributed by atoms with Crippen molar-refractivity contribution in [2.75, 3.05) is 0 Å². The summed E-state index contributed by atoms with van der Waals surface area (Å²) >= 11 is 0. The highest BCUT2D eigenvalue weighted by molar-refractivity contribution is 5.89. The molecule has 0 fully saturated rings. The van der Waals surface area contributed by atoms with E-state index < -0.39 is 0 Å². The number of carbonyl (C=O) groups is 1. The van der Waals surface area contributed by atoms with Crippen LogP contribution in [0.4, 0.5) is 0 Å². The van der Waals surface area contributed by atoms with E-state index in [4.69, 9.17) is 4.74 Å². The summed E-state index contributed by atoms with van der Waals surface area (Å²) in [7, 11) is 0. The molecule has 0 radical (unpaired) electrons. The topological polar surface area (TPSA) is 38.3 Å². The summed E-state index contributed by atoms with van der Waals surface area (Å²) in [4.78, 5) is 12.0. The van der Waals surface area contributed by atoms with Crippen LogP contribution < -0.4 is 5.32 Å². The molecule has 0 unspecified atom stereocenters. The molecule has 2 aromatic carbocycles. The number of benzene rings is 2. The van der Waals surface area contributed by atoms with Crippen LogP contribution in [0.25, 0.3) is 0 Å². The van der Waals surface area contributed by atoms with E-state index in [1.54, 1.807) is 0 Å². The molecule has 3 nitrogen and oxygen atoms in total. The molecule has 110 valence electrons. The SMILES string of the molecule is CC(C)NCc1ccc(C(=O)OCc2ccccc2)cc1. The van der Waals surface area contributed by atoms with E-state index in [9.17, 15) is 4.79 Å². The van der Waals surface area contributed by atoms with Gasteiger partial charge in [-0.1, -0.05) is 56.3 Å². The van der Waals surface area contributed by atoms with E-state index in [0.717, 1.165) is 17.7 Å². The molecule has 2 aromatic rings. The van der Waals surface area contributed by atoms with Crippen LogP contribution in [-0.2, 0) is 17.9 Å². The maximum atomic E-state index is 12.0. The Hall–Kier alpha value is -2.13. The maximum Gasteiger partial charge on any atom is 0.338 e. The predicted molar refractivity (Wildman–Crippen MR) is 84.0 cm³/mol. The molecule has 0 bridgehead atoms. The Morgan fingerprint density at radius 2 is 1.67 bits per heavy atom. The lowest BCUT2D eigenvalue weighted by Gasteiger charge is -2.09. The standard InChI is InChI=1S/C18H21NO2/c1-14(2)19-12-15-8-10-17(11-9-15)18(20)21-13-16-6-4-3-5-7-16/h3-11,14,19H,12-13H2,1-2H3. The van der Waals surface area contributed by atoms with E-state index in [1.165, 1.54) is 0 Å². The van der Waals surface area contributed by atoms with E-state index in [1.807, 2.05) is 54.6 Å². The minimum absolute atomic E-state index is 0.290. The summed E-state index contributed by atoms with van der Waals surface area (Å²) in [6.07, 6.45) is 0. The summed E-state index contributed by atoms with van der Waals surface area (Å²) in [6, 6.07) is 17.6. The van der Waals surface area contributed by atoms with Crippen LogP contribution in [0, 0.1) is 0 Å². The van der Waals surface area contributed by atoms with Crippen LogP contribution in [0.5, 0.6) is 0 Å². The zero-order valence-corrected chi connectivity index (χ0v) is 12.5. The van der Waals surface area contributed by atoms with Gasteiger partial charge in [-0.25, -0.2) is 4.79 Å². The molecule has 0 aliphatic rings. The van der Waals surface area contributed by atoms with E-state index in [-0.39, 0.29) is 5.97 Å². The van der Waals surface area contributed by atoms with Crippen LogP contribution in [0.3, 0.4) is 0 Å². The number of nitrogens with one attached hydrogen (secondary N) is 1. The van der Waals surface area contributed by atoms with Crippen molar-refractivity contribution in [1.82, 2.24) is 5.32 Å².